The maximum absolute atomic E-state index is 12.5. The number of rotatable bonds is 7. The number of aryl methyl sites for hydroxylation is 1. The molecule has 0 amide bonds. The molecule has 3 aromatic rings. The summed E-state index contributed by atoms with van der Waals surface area (Å²) in [6.07, 6.45) is 0. The van der Waals surface area contributed by atoms with Gasteiger partial charge in [0.25, 0.3) is 0 Å². The van der Waals surface area contributed by atoms with Crippen LogP contribution in [0.1, 0.15) is 22.5 Å². The lowest BCUT2D eigenvalue weighted by atomic mass is 10.2. The molecule has 8 heteroatoms. The Bertz CT molecular complexity index is 958. The van der Waals surface area contributed by atoms with Crippen LogP contribution >= 0.6 is 35.0 Å². The summed E-state index contributed by atoms with van der Waals surface area (Å²) in [5.41, 5.74) is 3.29. The topological polar surface area (TPSA) is 47.8 Å². The molecule has 0 spiro atoms. The maximum Gasteiger partial charge on any atom is 0.191 e. The molecule has 0 aliphatic rings. The van der Waals surface area contributed by atoms with E-state index >= 15 is 0 Å². The van der Waals surface area contributed by atoms with Crippen molar-refractivity contribution in [3.63, 3.8) is 0 Å². The summed E-state index contributed by atoms with van der Waals surface area (Å²) < 4.78 is 14.4. The van der Waals surface area contributed by atoms with Crippen molar-refractivity contribution < 1.29 is 4.21 Å². The van der Waals surface area contributed by atoms with Crippen molar-refractivity contribution in [1.82, 2.24) is 14.8 Å². The van der Waals surface area contributed by atoms with Gasteiger partial charge in [0.05, 0.1) is 11.5 Å². The van der Waals surface area contributed by atoms with E-state index in [2.05, 4.69) is 41.4 Å². The highest BCUT2D eigenvalue weighted by Crippen LogP contribution is 2.24. The fourth-order valence-corrected chi connectivity index (χ4v) is 5.12. The molecule has 0 unspecified atom stereocenters. The number of halogens is 2. The van der Waals surface area contributed by atoms with E-state index < -0.39 is 10.8 Å². The molecule has 2 aromatic carbocycles. The van der Waals surface area contributed by atoms with Gasteiger partial charge in [0.2, 0.25) is 0 Å². The van der Waals surface area contributed by atoms with E-state index in [1.165, 1.54) is 11.1 Å². The van der Waals surface area contributed by atoms with Crippen LogP contribution in [0.2, 0.25) is 10.0 Å². The van der Waals surface area contributed by atoms with Crippen LogP contribution in [0.3, 0.4) is 0 Å². The molecule has 0 radical (unpaired) electrons. The monoisotopic (exact) mass is 439 g/mol. The maximum atomic E-state index is 12.5. The summed E-state index contributed by atoms with van der Waals surface area (Å²) in [4.78, 5) is 0. The third-order valence-corrected chi connectivity index (χ3v) is 6.93. The first-order valence-corrected chi connectivity index (χ1v) is 11.5. The quantitative estimate of drug-likeness (QED) is 0.476. The first-order valence-electron chi connectivity index (χ1n) is 8.28. The molecular weight excluding hydrogens is 421 g/mol. The van der Waals surface area contributed by atoms with Crippen molar-refractivity contribution in [2.24, 2.45) is 7.05 Å². The smallest absolute Gasteiger partial charge is 0.191 e. The number of nitrogens with zero attached hydrogens (tertiary/aromatic N) is 3. The standard InChI is InChI=1S/C19H19Cl2N3OS2/c1-13-3-5-14(6-4-13)10-26-19-23-22-18(24(19)2)12-27(25)11-15-7-8-16(20)9-17(15)21/h3-9H,10-12H2,1-2H3/t27-/m0/s1. The molecule has 0 aliphatic heterocycles. The molecule has 27 heavy (non-hydrogen) atoms. The Balaban J connectivity index is 1.60. The lowest BCUT2D eigenvalue weighted by Gasteiger charge is -2.06. The molecule has 1 atom stereocenters. The highest BCUT2D eigenvalue weighted by molar-refractivity contribution is 7.98. The minimum atomic E-state index is -1.14. The lowest BCUT2D eigenvalue weighted by Crippen LogP contribution is -2.06. The van der Waals surface area contributed by atoms with Crippen LogP contribution in [-0.4, -0.2) is 19.0 Å². The van der Waals surface area contributed by atoms with Gasteiger partial charge in [-0.3, -0.25) is 4.21 Å². The summed E-state index contributed by atoms with van der Waals surface area (Å²) in [6.45, 7) is 2.07. The van der Waals surface area contributed by atoms with E-state index in [4.69, 9.17) is 23.2 Å². The predicted octanol–water partition coefficient (Wildman–Crippen LogP) is 5.17. The zero-order valence-corrected chi connectivity index (χ0v) is 18.1. The van der Waals surface area contributed by atoms with Gasteiger partial charge in [-0.25, -0.2) is 0 Å². The van der Waals surface area contributed by atoms with Crippen LogP contribution in [-0.2, 0) is 35.1 Å². The Hall–Kier alpha value is -1.34. The number of aromatic nitrogens is 3. The summed E-state index contributed by atoms with van der Waals surface area (Å²) in [5.74, 6) is 2.20. The van der Waals surface area contributed by atoms with E-state index in [0.717, 1.165) is 16.5 Å². The van der Waals surface area contributed by atoms with Crippen molar-refractivity contribution in [3.8, 4) is 0 Å². The third kappa shape index (κ3) is 5.57. The largest absolute Gasteiger partial charge is 0.308 e. The number of hydrogen-bond acceptors (Lipinski definition) is 4. The van der Waals surface area contributed by atoms with E-state index in [0.29, 0.717) is 27.4 Å². The minimum absolute atomic E-state index is 0.327. The van der Waals surface area contributed by atoms with Crippen LogP contribution in [0.25, 0.3) is 0 Å². The van der Waals surface area contributed by atoms with Crippen molar-refractivity contribution >= 4 is 45.8 Å². The highest BCUT2D eigenvalue weighted by atomic mass is 35.5. The Kier molecular flexibility index (Phi) is 6.98. The Morgan fingerprint density at radius 3 is 2.52 bits per heavy atom. The first kappa shape index (κ1) is 20.4. The SMILES string of the molecule is Cc1ccc(CSc2nnc(C[S@@](=O)Cc3ccc(Cl)cc3Cl)n2C)cc1. The van der Waals surface area contributed by atoms with E-state index in [9.17, 15) is 4.21 Å². The Morgan fingerprint density at radius 2 is 1.81 bits per heavy atom. The second-order valence-corrected chi connectivity index (χ2v) is 9.44. The van der Waals surface area contributed by atoms with Gasteiger partial charge < -0.3 is 4.57 Å². The Morgan fingerprint density at radius 1 is 1.07 bits per heavy atom. The van der Waals surface area contributed by atoms with Gasteiger partial charge in [-0.05, 0) is 30.2 Å². The van der Waals surface area contributed by atoms with Gasteiger partial charge in [-0.15, -0.1) is 10.2 Å². The zero-order chi connectivity index (χ0) is 19.4. The average Bonchev–Trinajstić information content (AvgIpc) is 2.97. The van der Waals surface area contributed by atoms with Crippen LogP contribution in [0.4, 0.5) is 0 Å². The molecular formula is C19H19Cl2N3OS2. The van der Waals surface area contributed by atoms with Gasteiger partial charge in [-0.2, -0.15) is 0 Å². The van der Waals surface area contributed by atoms with Gasteiger partial charge in [0, 0.05) is 33.6 Å². The van der Waals surface area contributed by atoms with Crippen LogP contribution in [0.15, 0.2) is 47.6 Å². The highest BCUT2D eigenvalue weighted by Gasteiger charge is 2.14. The van der Waals surface area contributed by atoms with E-state index in [1.54, 1.807) is 23.9 Å². The van der Waals surface area contributed by atoms with Crippen LogP contribution in [0.5, 0.6) is 0 Å². The van der Waals surface area contributed by atoms with Gasteiger partial charge in [-0.1, -0.05) is 70.9 Å². The summed E-state index contributed by atoms with van der Waals surface area (Å²) in [6, 6.07) is 13.7. The molecule has 142 valence electrons. The van der Waals surface area contributed by atoms with Crippen molar-refractivity contribution in [3.05, 3.63) is 75.0 Å². The second-order valence-electron chi connectivity index (χ2n) is 6.20. The molecule has 0 bridgehead atoms. The third-order valence-electron chi connectivity index (χ3n) is 4.04. The number of thioether (sulfide) groups is 1. The van der Waals surface area contributed by atoms with E-state index in [1.807, 2.05) is 17.7 Å². The van der Waals surface area contributed by atoms with Crippen molar-refractivity contribution in [2.45, 2.75) is 29.3 Å². The molecule has 1 aromatic heterocycles. The van der Waals surface area contributed by atoms with Crippen molar-refractivity contribution in [2.75, 3.05) is 0 Å². The van der Waals surface area contributed by atoms with Crippen LogP contribution in [0, 0.1) is 6.92 Å². The van der Waals surface area contributed by atoms with Gasteiger partial charge in [0.1, 0.15) is 5.82 Å². The fraction of sp³-hybridized carbons (Fsp3) is 0.263. The average molecular weight is 440 g/mol. The summed E-state index contributed by atoms with van der Waals surface area (Å²) in [7, 11) is 0.764. The predicted molar refractivity (Wildman–Crippen MR) is 114 cm³/mol. The molecule has 0 N–H and O–H groups in total. The Labute approximate surface area is 175 Å². The van der Waals surface area contributed by atoms with Gasteiger partial charge >= 0.3 is 0 Å². The molecule has 1 heterocycles. The minimum Gasteiger partial charge on any atom is -0.308 e. The van der Waals surface area contributed by atoms with E-state index in [-0.39, 0.29) is 0 Å². The summed E-state index contributed by atoms with van der Waals surface area (Å²) >= 11 is 13.7. The second kappa shape index (κ2) is 9.24. The molecule has 4 nitrogen and oxygen atoms in total. The number of hydrogen-bond donors (Lipinski definition) is 0. The number of benzene rings is 2. The van der Waals surface area contributed by atoms with Crippen molar-refractivity contribution in [1.29, 1.82) is 0 Å². The van der Waals surface area contributed by atoms with Crippen LogP contribution < -0.4 is 0 Å². The molecule has 0 saturated heterocycles. The zero-order valence-electron chi connectivity index (χ0n) is 15.0. The molecule has 0 aliphatic carbocycles. The summed E-state index contributed by atoms with van der Waals surface area (Å²) in [5, 5.41) is 10.4. The fourth-order valence-electron chi connectivity index (χ4n) is 2.44. The molecule has 3 rings (SSSR count). The lowest BCUT2D eigenvalue weighted by molar-refractivity contribution is 0.677. The van der Waals surface area contributed by atoms with Gasteiger partial charge in [0.15, 0.2) is 5.16 Å². The normalized spacial score (nSPS) is 12.3. The molecule has 0 fully saturated rings. The molecule has 0 saturated carbocycles. The first-order chi connectivity index (χ1) is 12.9.